The summed E-state index contributed by atoms with van der Waals surface area (Å²) in [5.74, 6) is -0.176. The Morgan fingerprint density at radius 3 is 2.61 bits per heavy atom. The highest BCUT2D eigenvalue weighted by atomic mass is 32.2. The second-order valence-electron chi connectivity index (χ2n) is 3.92. The number of hydrogen-bond donors (Lipinski definition) is 1. The number of rotatable bonds is 4. The fraction of sp³-hybridized carbons (Fsp3) is 0.727. The van der Waals surface area contributed by atoms with Crippen LogP contribution in [0.3, 0.4) is 0 Å². The summed E-state index contributed by atoms with van der Waals surface area (Å²) in [5.41, 5.74) is 0. The van der Waals surface area contributed by atoms with Gasteiger partial charge in [-0.25, -0.2) is 4.79 Å². The van der Waals surface area contributed by atoms with Crippen LogP contribution in [0.25, 0.3) is 0 Å². The van der Waals surface area contributed by atoms with Crippen molar-refractivity contribution in [3.8, 4) is 0 Å². The lowest BCUT2D eigenvalue weighted by Crippen LogP contribution is -2.40. The highest BCUT2D eigenvalue weighted by Gasteiger charge is 2.30. The van der Waals surface area contributed by atoms with Crippen LogP contribution in [0.2, 0.25) is 0 Å². The van der Waals surface area contributed by atoms with Gasteiger partial charge in [0.1, 0.15) is 4.32 Å². The van der Waals surface area contributed by atoms with Gasteiger partial charge < -0.3 is 10.2 Å². The Hall–Kier alpha value is -0.820. The van der Waals surface area contributed by atoms with E-state index >= 15 is 0 Å². The van der Waals surface area contributed by atoms with Crippen LogP contribution < -0.4 is 5.32 Å². The molecule has 102 valence electrons. The van der Waals surface area contributed by atoms with Gasteiger partial charge in [-0.05, 0) is 20.8 Å². The van der Waals surface area contributed by atoms with Crippen molar-refractivity contribution in [2.75, 3.05) is 26.2 Å². The van der Waals surface area contributed by atoms with Crippen LogP contribution in [0.4, 0.5) is 4.79 Å². The molecule has 0 aromatic heterocycles. The average molecular weight is 289 g/mol. The summed E-state index contributed by atoms with van der Waals surface area (Å²) < 4.78 is 0.709. The fourth-order valence-electron chi connectivity index (χ4n) is 1.66. The Morgan fingerprint density at radius 1 is 1.56 bits per heavy atom. The summed E-state index contributed by atoms with van der Waals surface area (Å²) in [6, 6.07) is -0.304. The van der Waals surface area contributed by atoms with Crippen LogP contribution >= 0.6 is 24.0 Å². The number of amides is 3. The Balaban J connectivity index is 2.54. The number of carbonyl (C=O) groups is 2. The number of nitrogens with one attached hydrogen (secondary N) is 1. The molecule has 1 saturated heterocycles. The van der Waals surface area contributed by atoms with Crippen molar-refractivity contribution < 1.29 is 9.59 Å². The predicted molar refractivity (Wildman–Crippen MR) is 77.7 cm³/mol. The first-order chi connectivity index (χ1) is 8.51. The first-order valence-corrected chi connectivity index (χ1v) is 7.34. The molecule has 3 amide bonds. The first-order valence-electron chi connectivity index (χ1n) is 6.06. The van der Waals surface area contributed by atoms with Crippen molar-refractivity contribution in [3.63, 3.8) is 0 Å². The molecule has 1 N–H and O–H groups in total. The summed E-state index contributed by atoms with van der Waals surface area (Å²) in [6.45, 7) is 8.46. The van der Waals surface area contributed by atoms with E-state index in [1.807, 2.05) is 18.7 Å². The average Bonchev–Trinajstić information content (AvgIpc) is 2.76. The zero-order chi connectivity index (χ0) is 13.7. The van der Waals surface area contributed by atoms with Crippen LogP contribution in [-0.4, -0.2) is 57.5 Å². The number of imide groups is 1. The van der Waals surface area contributed by atoms with Gasteiger partial charge in [-0.3, -0.25) is 9.69 Å². The molecule has 1 fully saturated rings. The normalized spacial score (nSPS) is 16.4. The summed E-state index contributed by atoms with van der Waals surface area (Å²) in [6.07, 6.45) is 0. The van der Waals surface area contributed by atoms with E-state index in [0.717, 1.165) is 13.1 Å². The lowest BCUT2D eigenvalue weighted by Gasteiger charge is -2.24. The Labute approximate surface area is 117 Å². The molecule has 0 saturated carbocycles. The lowest BCUT2D eigenvalue weighted by molar-refractivity contribution is -0.126. The van der Waals surface area contributed by atoms with Crippen LogP contribution in [-0.2, 0) is 4.79 Å². The van der Waals surface area contributed by atoms with Crippen LogP contribution in [0.15, 0.2) is 0 Å². The molecule has 5 nitrogen and oxygen atoms in total. The van der Waals surface area contributed by atoms with Gasteiger partial charge >= 0.3 is 6.03 Å². The molecule has 0 radical (unpaired) electrons. The van der Waals surface area contributed by atoms with Gasteiger partial charge in [0.15, 0.2) is 0 Å². The Morgan fingerprint density at radius 2 is 2.17 bits per heavy atom. The molecule has 0 unspecified atom stereocenters. The molecule has 0 bridgehead atoms. The summed E-state index contributed by atoms with van der Waals surface area (Å²) >= 11 is 6.63. The van der Waals surface area contributed by atoms with Crippen LogP contribution in [0.1, 0.15) is 20.8 Å². The fourth-order valence-corrected chi connectivity index (χ4v) is 3.29. The number of carbonyl (C=O) groups excluding carboxylic acids is 2. The topological polar surface area (TPSA) is 52.7 Å². The lowest BCUT2D eigenvalue weighted by atomic mass is 10.4. The van der Waals surface area contributed by atoms with E-state index in [2.05, 4.69) is 5.32 Å². The third kappa shape index (κ3) is 3.58. The van der Waals surface area contributed by atoms with Crippen molar-refractivity contribution in [1.82, 2.24) is 15.1 Å². The van der Waals surface area contributed by atoms with E-state index in [9.17, 15) is 9.59 Å². The molecule has 1 rings (SSSR count). The van der Waals surface area contributed by atoms with Crippen LogP contribution in [0.5, 0.6) is 0 Å². The summed E-state index contributed by atoms with van der Waals surface area (Å²) in [7, 11) is 0. The van der Waals surface area contributed by atoms with Gasteiger partial charge in [0.2, 0.25) is 5.91 Å². The quantitative estimate of drug-likeness (QED) is 0.790. The largest absolute Gasteiger partial charge is 0.358 e. The molecule has 0 aliphatic carbocycles. The maximum absolute atomic E-state index is 12.1. The molecule has 1 atom stereocenters. The maximum Gasteiger partial charge on any atom is 0.324 e. The molecule has 1 aliphatic heterocycles. The van der Waals surface area contributed by atoms with Gasteiger partial charge in [-0.1, -0.05) is 24.0 Å². The van der Waals surface area contributed by atoms with Gasteiger partial charge in [0.25, 0.3) is 0 Å². The Bertz CT molecular complexity index is 345. The Kier molecular flexibility index (Phi) is 5.87. The molecule has 0 aromatic rings. The molecule has 1 heterocycles. The number of urea groups is 1. The van der Waals surface area contributed by atoms with Crippen molar-refractivity contribution in [2.45, 2.75) is 26.0 Å². The van der Waals surface area contributed by atoms with E-state index in [-0.39, 0.29) is 17.2 Å². The van der Waals surface area contributed by atoms with Crippen molar-refractivity contribution in [2.24, 2.45) is 0 Å². The van der Waals surface area contributed by atoms with E-state index in [4.69, 9.17) is 12.2 Å². The highest BCUT2D eigenvalue weighted by Crippen LogP contribution is 2.19. The van der Waals surface area contributed by atoms with E-state index < -0.39 is 0 Å². The molecule has 18 heavy (non-hydrogen) atoms. The minimum atomic E-state index is -0.332. The molecule has 7 heteroatoms. The molecular formula is C11H19N3O2S2. The third-order valence-electron chi connectivity index (χ3n) is 2.77. The van der Waals surface area contributed by atoms with Crippen LogP contribution in [0, 0.1) is 0 Å². The third-order valence-corrected chi connectivity index (χ3v) is 4.33. The summed E-state index contributed by atoms with van der Waals surface area (Å²) in [4.78, 5) is 26.7. The van der Waals surface area contributed by atoms with E-state index in [0.29, 0.717) is 17.4 Å². The summed E-state index contributed by atoms with van der Waals surface area (Å²) in [5, 5.41) is 2.29. The molecule has 1 aliphatic rings. The second kappa shape index (κ2) is 6.94. The second-order valence-corrected chi connectivity index (χ2v) is 5.89. The number of thiocarbonyl (C=S) groups is 1. The van der Waals surface area contributed by atoms with Gasteiger partial charge in [0.05, 0.1) is 5.25 Å². The maximum atomic E-state index is 12.1. The number of nitrogens with zero attached hydrogens (tertiary/aromatic N) is 2. The smallest absolute Gasteiger partial charge is 0.324 e. The minimum Gasteiger partial charge on any atom is -0.358 e. The van der Waals surface area contributed by atoms with Gasteiger partial charge in [-0.15, -0.1) is 0 Å². The standard InChI is InChI=1S/C11H19N3O2S2/c1-4-13(5-2)11(17)18-8(3)9(15)14-7-6-12-10(14)16/h8H,4-7H2,1-3H3,(H,12,16)/t8-/m1/s1. The predicted octanol–water partition coefficient (Wildman–Crippen LogP) is 1.29. The van der Waals surface area contributed by atoms with E-state index in [1.165, 1.54) is 16.7 Å². The van der Waals surface area contributed by atoms with Crippen molar-refractivity contribution in [1.29, 1.82) is 0 Å². The number of thioether (sulfide) groups is 1. The van der Waals surface area contributed by atoms with Crippen molar-refractivity contribution >= 4 is 40.2 Å². The molecule has 0 aromatic carbocycles. The minimum absolute atomic E-state index is 0.176. The molecule has 0 spiro atoms. The van der Waals surface area contributed by atoms with Crippen molar-refractivity contribution in [3.05, 3.63) is 0 Å². The van der Waals surface area contributed by atoms with Gasteiger partial charge in [-0.2, -0.15) is 0 Å². The SMILES string of the molecule is CCN(CC)C(=S)S[C@H](C)C(=O)N1CCNC1=O. The first kappa shape index (κ1) is 15.2. The van der Waals surface area contributed by atoms with Gasteiger partial charge in [0, 0.05) is 26.2 Å². The van der Waals surface area contributed by atoms with E-state index in [1.54, 1.807) is 6.92 Å². The zero-order valence-corrected chi connectivity index (χ0v) is 12.6. The number of hydrogen-bond acceptors (Lipinski definition) is 4. The highest BCUT2D eigenvalue weighted by molar-refractivity contribution is 8.23. The zero-order valence-electron chi connectivity index (χ0n) is 10.9. The monoisotopic (exact) mass is 289 g/mol. The molecular weight excluding hydrogens is 270 g/mol.